The van der Waals surface area contributed by atoms with Crippen LogP contribution in [0.1, 0.15) is 46.6 Å². The van der Waals surface area contributed by atoms with Gasteiger partial charge in [-0.25, -0.2) is 4.98 Å². The van der Waals surface area contributed by atoms with Crippen LogP contribution in [0.3, 0.4) is 0 Å². The van der Waals surface area contributed by atoms with Crippen LogP contribution in [-0.4, -0.2) is 20.2 Å². The van der Waals surface area contributed by atoms with Gasteiger partial charge in [0.25, 0.3) is 0 Å². The zero-order chi connectivity index (χ0) is 17.2. The van der Waals surface area contributed by atoms with E-state index in [2.05, 4.69) is 64.1 Å². The normalized spacial score (nSPS) is 12.1. The number of fused-ring (bicyclic) bond motifs is 1. The van der Waals surface area contributed by atoms with Crippen molar-refractivity contribution in [2.75, 3.05) is 7.11 Å². The first kappa shape index (κ1) is 18.0. The Morgan fingerprint density at radius 1 is 1.04 bits per heavy atom. The van der Waals surface area contributed by atoms with E-state index in [0.717, 1.165) is 16.3 Å². The van der Waals surface area contributed by atoms with Gasteiger partial charge in [0.1, 0.15) is 13.8 Å². The van der Waals surface area contributed by atoms with E-state index in [0.29, 0.717) is 16.6 Å². The molecule has 0 aliphatic carbocycles. The van der Waals surface area contributed by atoms with E-state index in [1.807, 2.05) is 12.1 Å². The van der Waals surface area contributed by atoms with E-state index in [4.69, 9.17) is 4.74 Å². The molecule has 2 nitrogen and oxygen atoms in total. The second kappa shape index (κ2) is 7.07. The molecule has 0 N–H and O–H groups in total. The third-order valence-electron chi connectivity index (χ3n) is 4.85. The van der Waals surface area contributed by atoms with Crippen LogP contribution in [0.15, 0.2) is 18.2 Å². The van der Waals surface area contributed by atoms with Crippen LogP contribution >= 0.6 is 11.3 Å². The van der Waals surface area contributed by atoms with Gasteiger partial charge in [-0.15, -0.1) is 16.9 Å². The number of benzene rings is 1. The number of aromatic nitrogens is 1. The second-order valence-electron chi connectivity index (χ2n) is 7.00. The van der Waals surface area contributed by atoms with Crippen molar-refractivity contribution in [1.29, 1.82) is 0 Å². The zero-order valence-corrected chi connectivity index (χ0v) is 17.0. The summed E-state index contributed by atoms with van der Waals surface area (Å²) in [6.07, 6.45) is 0. The van der Waals surface area contributed by atoms with Gasteiger partial charge in [0.15, 0.2) is 5.01 Å². The van der Waals surface area contributed by atoms with Gasteiger partial charge in [0.2, 0.25) is 0 Å². The number of ether oxygens (including phenoxy) is 1. The van der Waals surface area contributed by atoms with E-state index in [1.165, 1.54) is 4.70 Å². The Bertz CT molecular complexity index is 715. The zero-order valence-electron chi connectivity index (χ0n) is 15.2. The number of methoxy groups -OCH3 is 1. The molecule has 0 unspecified atom stereocenters. The second-order valence-corrected chi connectivity index (χ2v) is 13.6. The fraction of sp³-hybridized carbons (Fsp3) is 0.526. The van der Waals surface area contributed by atoms with E-state index >= 15 is 0 Å². The topological polar surface area (TPSA) is 22.1 Å². The van der Waals surface area contributed by atoms with Gasteiger partial charge in [0, 0.05) is 6.07 Å². The molecule has 0 bridgehead atoms. The summed E-state index contributed by atoms with van der Waals surface area (Å²) in [5.41, 5.74) is 6.65. The Morgan fingerprint density at radius 3 is 2.17 bits per heavy atom. The van der Waals surface area contributed by atoms with Crippen molar-refractivity contribution in [3.8, 4) is 17.2 Å². The Labute approximate surface area is 145 Å². The molecule has 0 spiro atoms. The smallest absolute Gasteiger partial charge is 0.167 e. The van der Waals surface area contributed by atoms with Gasteiger partial charge in [-0.1, -0.05) is 41.5 Å². The molecule has 0 aliphatic heterocycles. The summed E-state index contributed by atoms with van der Waals surface area (Å²) in [5.74, 6) is 4.28. The summed E-state index contributed by atoms with van der Waals surface area (Å²) in [4.78, 5) is 4.69. The van der Waals surface area contributed by atoms with Crippen LogP contribution < -0.4 is 4.74 Å². The predicted octanol–water partition coefficient (Wildman–Crippen LogP) is 5.87. The molecule has 2 rings (SSSR count). The van der Waals surface area contributed by atoms with Crippen LogP contribution in [-0.2, 0) is 0 Å². The number of hydrogen-bond acceptors (Lipinski definition) is 3. The summed E-state index contributed by atoms with van der Waals surface area (Å²) >= 11 is 1.67. The van der Waals surface area contributed by atoms with Crippen molar-refractivity contribution in [1.82, 2.24) is 4.98 Å². The number of thiazole rings is 1. The molecule has 1 heterocycles. The Kier molecular flexibility index (Phi) is 5.54. The Morgan fingerprint density at radius 2 is 1.65 bits per heavy atom. The molecule has 0 aliphatic rings. The van der Waals surface area contributed by atoms with Crippen molar-refractivity contribution in [2.24, 2.45) is 0 Å². The summed E-state index contributed by atoms with van der Waals surface area (Å²) < 4.78 is 6.44. The highest BCUT2D eigenvalue weighted by Crippen LogP contribution is 2.40. The lowest BCUT2D eigenvalue weighted by molar-refractivity contribution is 0.415. The molecule has 0 fully saturated rings. The largest absolute Gasteiger partial charge is 0.497 e. The molecule has 124 valence electrons. The molecule has 1 aromatic heterocycles. The molecule has 0 atom stereocenters. The molecular weight excluding hydrogens is 318 g/mol. The lowest BCUT2D eigenvalue weighted by Gasteiger charge is -2.37. The molecule has 0 saturated carbocycles. The molecule has 0 amide bonds. The molecule has 2 aromatic rings. The molecule has 1 aromatic carbocycles. The molecular formula is C19H27NOSSi. The first-order valence-corrected chi connectivity index (χ1v) is 11.3. The van der Waals surface area contributed by atoms with E-state index in [-0.39, 0.29) is 0 Å². The standard InChI is InChI=1S/C19H27NOSSi/c1-13(2)23(14(3)4,15(5)6)11-10-19-20-17-12-16(21-7)8-9-18(17)22-19/h8-9,12-15H,1-7H3. The van der Waals surface area contributed by atoms with Crippen LogP contribution in [0.2, 0.25) is 16.6 Å². The SMILES string of the molecule is COc1ccc2sc(C#C[Si](C(C)C)(C(C)C)C(C)C)nc2c1. The first-order valence-electron chi connectivity index (χ1n) is 8.29. The van der Waals surface area contributed by atoms with Crippen LogP contribution in [0, 0.1) is 11.5 Å². The van der Waals surface area contributed by atoms with Gasteiger partial charge < -0.3 is 4.74 Å². The average molecular weight is 346 g/mol. The number of rotatable bonds is 4. The van der Waals surface area contributed by atoms with E-state index < -0.39 is 8.07 Å². The van der Waals surface area contributed by atoms with Crippen molar-refractivity contribution >= 4 is 29.6 Å². The molecule has 0 saturated heterocycles. The molecule has 23 heavy (non-hydrogen) atoms. The minimum atomic E-state index is -1.70. The minimum absolute atomic E-state index is 0.643. The minimum Gasteiger partial charge on any atom is -0.497 e. The fourth-order valence-electron chi connectivity index (χ4n) is 3.68. The Balaban J connectivity index is 2.46. The van der Waals surface area contributed by atoms with E-state index in [1.54, 1.807) is 18.4 Å². The quantitative estimate of drug-likeness (QED) is 0.510. The van der Waals surface area contributed by atoms with Gasteiger partial charge in [-0.05, 0) is 34.7 Å². The highest BCUT2D eigenvalue weighted by Gasteiger charge is 2.41. The fourth-order valence-corrected chi connectivity index (χ4v) is 9.77. The molecule has 4 heteroatoms. The van der Waals surface area contributed by atoms with E-state index in [9.17, 15) is 0 Å². The maximum atomic E-state index is 5.28. The highest BCUT2D eigenvalue weighted by molar-refractivity contribution is 7.19. The summed E-state index contributed by atoms with van der Waals surface area (Å²) in [6.45, 7) is 14.0. The first-order chi connectivity index (χ1) is 10.8. The summed E-state index contributed by atoms with van der Waals surface area (Å²) in [7, 11) is -0.0136. The lowest BCUT2D eigenvalue weighted by Crippen LogP contribution is -2.43. The average Bonchev–Trinajstić information content (AvgIpc) is 2.88. The van der Waals surface area contributed by atoms with Crippen molar-refractivity contribution in [2.45, 2.75) is 58.2 Å². The van der Waals surface area contributed by atoms with Crippen LogP contribution in [0.5, 0.6) is 5.75 Å². The maximum Gasteiger partial charge on any atom is 0.167 e. The summed E-state index contributed by atoms with van der Waals surface area (Å²) in [5, 5.41) is 0.923. The van der Waals surface area contributed by atoms with Gasteiger partial charge in [0.05, 0.1) is 17.3 Å². The van der Waals surface area contributed by atoms with Gasteiger partial charge >= 0.3 is 0 Å². The number of hydrogen-bond donors (Lipinski definition) is 0. The van der Waals surface area contributed by atoms with Gasteiger partial charge in [-0.2, -0.15) is 0 Å². The van der Waals surface area contributed by atoms with Crippen molar-refractivity contribution in [3.63, 3.8) is 0 Å². The summed E-state index contributed by atoms with van der Waals surface area (Å²) in [6, 6.07) is 6.02. The third-order valence-corrected chi connectivity index (χ3v) is 12.1. The molecule has 0 radical (unpaired) electrons. The predicted molar refractivity (Wildman–Crippen MR) is 104 cm³/mol. The highest BCUT2D eigenvalue weighted by atomic mass is 32.1. The maximum absolute atomic E-state index is 5.28. The Hall–Kier alpha value is -1.31. The monoisotopic (exact) mass is 345 g/mol. The van der Waals surface area contributed by atoms with Gasteiger partial charge in [-0.3, -0.25) is 0 Å². The van der Waals surface area contributed by atoms with Crippen molar-refractivity contribution < 1.29 is 4.74 Å². The number of nitrogens with zero attached hydrogens (tertiary/aromatic N) is 1. The van der Waals surface area contributed by atoms with Crippen molar-refractivity contribution in [3.05, 3.63) is 23.2 Å². The third kappa shape index (κ3) is 3.46. The van der Waals surface area contributed by atoms with Crippen LogP contribution in [0.25, 0.3) is 10.2 Å². The van der Waals surface area contributed by atoms with Crippen LogP contribution in [0.4, 0.5) is 0 Å². The lowest BCUT2D eigenvalue weighted by atomic mass is 10.3.